The number of nitrogens with one attached hydrogen (secondary N) is 1. The molecule has 0 radical (unpaired) electrons. The summed E-state index contributed by atoms with van der Waals surface area (Å²) >= 11 is 0. The van der Waals surface area contributed by atoms with Gasteiger partial charge in [0.05, 0.1) is 5.56 Å². The van der Waals surface area contributed by atoms with E-state index in [1.165, 1.54) is 18.5 Å². The molecule has 1 heterocycles. The predicted octanol–water partition coefficient (Wildman–Crippen LogP) is 1.27. The molecule has 0 aliphatic heterocycles. The Hall–Kier alpha value is -2.95. The number of nitriles is 1. The summed E-state index contributed by atoms with van der Waals surface area (Å²) in [5.41, 5.74) is 1.41. The minimum absolute atomic E-state index is 0.111. The summed E-state index contributed by atoms with van der Waals surface area (Å²) < 4.78 is 5.00. The molecule has 24 heavy (non-hydrogen) atoms. The maximum absolute atomic E-state index is 11.6. The van der Waals surface area contributed by atoms with Gasteiger partial charge in [0.2, 0.25) is 0 Å². The molecule has 1 aromatic carbocycles. The van der Waals surface area contributed by atoms with Gasteiger partial charge < -0.3 is 20.3 Å². The van der Waals surface area contributed by atoms with E-state index in [4.69, 9.17) is 10.00 Å². The molecule has 7 heteroatoms. The van der Waals surface area contributed by atoms with Crippen LogP contribution in [0, 0.1) is 11.3 Å². The van der Waals surface area contributed by atoms with Crippen molar-refractivity contribution in [2.45, 2.75) is 18.8 Å². The normalized spacial score (nSPS) is 12.7. The number of hydrogen-bond acceptors (Lipinski definition) is 6. The third-order valence-corrected chi connectivity index (χ3v) is 3.26. The molecule has 0 saturated carbocycles. The average Bonchev–Trinajstić information content (AvgIpc) is 2.64. The molecule has 2 rings (SSSR count). The fourth-order valence-corrected chi connectivity index (χ4v) is 1.98. The van der Waals surface area contributed by atoms with E-state index in [2.05, 4.69) is 10.3 Å². The Morgan fingerprint density at radius 3 is 2.75 bits per heavy atom. The highest BCUT2D eigenvalue weighted by Crippen LogP contribution is 2.16. The Morgan fingerprint density at radius 2 is 2.04 bits per heavy atom. The second-order valence-electron chi connectivity index (χ2n) is 5.07. The number of aromatic nitrogens is 1. The van der Waals surface area contributed by atoms with E-state index < -0.39 is 18.3 Å². The molecule has 124 valence electrons. The van der Waals surface area contributed by atoms with Crippen molar-refractivity contribution < 1.29 is 19.7 Å². The molecule has 7 nitrogen and oxygen atoms in total. The predicted molar refractivity (Wildman–Crippen MR) is 84.5 cm³/mol. The molecule has 0 aliphatic rings. The number of alkyl carbamates (subject to hydrolysis) is 1. The SMILES string of the molecule is N#Cc1cncc(C(O)C(O)CNC(=O)OCc2ccccc2)c1. The minimum Gasteiger partial charge on any atom is -0.445 e. The van der Waals surface area contributed by atoms with Crippen LogP contribution in [0.5, 0.6) is 0 Å². The monoisotopic (exact) mass is 327 g/mol. The first-order valence-electron chi connectivity index (χ1n) is 7.26. The number of aliphatic hydroxyl groups is 2. The van der Waals surface area contributed by atoms with Crippen molar-refractivity contribution in [2.24, 2.45) is 0 Å². The van der Waals surface area contributed by atoms with E-state index >= 15 is 0 Å². The summed E-state index contributed by atoms with van der Waals surface area (Å²) in [4.78, 5) is 15.4. The van der Waals surface area contributed by atoms with Crippen LogP contribution in [0.25, 0.3) is 0 Å². The molecule has 1 amide bonds. The van der Waals surface area contributed by atoms with Crippen LogP contribution in [-0.4, -0.2) is 33.9 Å². The number of carbonyl (C=O) groups is 1. The molecule has 1 aromatic heterocycles. The van der Waals surface area contributed by atoms with Gasteiger partial charge >= 0.3 is 6.09 Å². The smallest absolute Gasteiger partial charge is 0.407 e. The summed E-state index contributed by atoms with van der Waals surface area (Å²) in [5, 5.41) is 31.2. The zero-order valence-electron chi connectivity index (χ0n) is 12.8. The van der Waals surface area contributed by atoms with Crippen LogP contribution in [0.2, 0.25) is 0 Å². The van der Waals surface area contributed by atoms with Gasteiger partial charge in [0.15, 0.2) is 0 Å². The Kier molecular flexibility index (Phi) is 6.25. The van der Waals surface area contributed by atoms with Crippen molar-refractivity contribution in [1.82, 2.24) is 10.3 Å². The number of pyridine rings is 1. The highest BCUT2D eigenvalue weighted by Gasteiger charge is 2.20. The summed E-state index contributed by atoms with van der Waals surface area (Å²) in [5.74, 6) is 0. The van der Waals surface area contributed by atoms with Crippen molar-refractivity contribution >= 4 is 6.09 Å². The topological polar surface area (TPSA) is 115 Å². The first kappa shape index (κ1) is 17.4. The molecule has 0 spiro atoms. The molecular formula is C17H17N3O4. The highest BCUT2D eigenvalue weighted by atomic mass is 16.5. The lowest BCUT2D eigenvalue weighted by molar-refractivity contribution is 0.0182. The van der Waals surface area contributed by atoms with Gasteiger partial charge in [-0.25, -0.2) is 4.79 Å². The van der Waals surface area contributed by atoms with Crippen molar-refractivity contribution in [3.05, 3.63) is 65.5 Å². The standard InChI is InChI=1S/C17H17N3O4/c18-7-13-6-14(9-19-8-13)16(22)15(21)10-20-17(23)24-11-12-4-2-1-3-5-12/h1-6,8-9,15-16,21-22H,10-11H2,(H,20,23). The third-order valence-electron chi connectivity index (χ3n) is 3.26. The van der Waals surface area contributed by atoms with Crippen LogP contribution in [0.15, 0.2) is 48.8 Å². The fraction of sp³-hybridized carbons (Fsp3) is 0.235. The number of hydrogen-bond donors (Lipinski definition) is 3. The van der Waals surface area contributed by atoms with Crippen molar-refractivity contribution in [3.8, 4) is 6.07 Å². The first-order chi connectivity index (χ1) is 11.6. The summed E-state index contributed by atoms with van der Waals surface area (Å²) in [6.07, 6.45) is -0.538. The zero-order chi connectivity index (χ0) is 17.4. The summed E-state index contributed by atoms with van der Waals surface area (Å²) in [7, 11) is 0. The number of amides is 1. The molecule has 0 aliphatic carbocycles. The zero-order valence-corrected chi connectivity index (χ0v) is 12.8. The van der Waals surface area contributed by atoms with Crippen LogP contribution < -0.4 is 5.32 Å². The molecule has 0 bridgehead atoms. The lowest BCUT2D eigenvalue weighted by atomic mass is 10.1. The maximum Gasteiger partial charge on any atom is 0.407 e. The van der Waals surface area contributed by atoms with Gasteiger partial charge in [-0.05, 0) is 11.6 Å². The van der Waals surface area contributed by atoms with E-state index in [1.807, 2.05) is 36.4 Å². The second kappa shape index (κ2) is 8.62. The Bertz CT molecular complexity index is 715. The third kappa shape index (κ3) is 5.05. The number of rotatable bonds is 6. The highest BCUT2D eigenvalue weighted by molar-refractivity contribution is 5.67. The Balaban J connectivity index is 1.80. The van der Waals surface area contributed by atoms with Crippen molar-refractivity contribution in [1.29, 1.82) is 5.26 Å². The fourth-order valence-electron chi connectivity index (χ4n) is 1.98. The van der Waals surface area contributed by atoms with Crippen molar-refractivity contribution in [2.75, 3.05) is 6.54 Å². The Morgan fingerprint density at radius 1 is 1.29 bits per heavy atom. The van der Waals surface area contributed by atoms with Gasteiger partial charge in [0.1, 0.15) is 24.9 Å². The van der Waals surface area contributed by atoms with E-state index in [9.17, 15) is 15.0 Å². The number of aliphatic hydroxyl groups excluding tert-OH is 2. The largest absolute Gasteiger partial charge is 0.445 e. The van der Waals surface area contributed by atoms with E-state index in [-0.39, 0.29) is 18.7 Å². The average molecular weight is 327 g/mol. The van der Waals surface area contributed by atoms with E-state index in [0.717, 1.165) is 5.56 Å². The van der Waals surface area contributed by atoms with Crippen LogP contribution in [-0.2, 0) is 11.3 Å². The summed E-state index contributed by atoms with van der Waals surface area (Å²) in [6.45, 7) is -0.0922. The van der Waals surface area contributed by atoms with Crippen LogP contribution in [0.3, 0.4) is 0 Å². The van der Waals surface area contributed by atoms with Crippen LogP contribution >= 0.6 is 0 Å². The number of nitrogens with zero attached hydrogens (tertiary/aromatic N) is 2. The molecule has 2 unspecified atom stereocenters. The van der Waals surface area contributed by atoms with Crippen LogP contribution in [0.4, 0.5) is 4.79 Å². The molecule has 2 atom stereocenters. The summed E-state index contributed by atoms with van der Waals surface area (Å²) in [6, 6.07) is 12.5. The first-order valence-corrected chi connectivity index (χ1v) is 7.26. The van der Waals surface area contributed by atoms with Crippen molar-refractivity contribution in [3.63, 3.8) is 0 Å². The number of ether oxygens (including phenoxy) is 1. The van der Waals surface area contributed by atoms with Gasteiger partial charge in [-0.15, -0.1) is 0 Å². The van der Waals surface area contributed by atoms with E-state index in [1.54, 1.807) is 0 Å². The van der Waals surface area contributed by atoms with Gasteiger partial charge in [-0.1, -0.05) is 30.3 Å². The van der Waals surface area contributed by atoms with Gasteiger partial charge in [-0.2, -0.15) is 5.26 Å². The lowest BCUT2D eigenvalue weighted by Crippen LogP contribution is -2.35. The number of carbonyl (C=O) groups excluding carboxylic acids is 1. The van der Waals surface area contributed by atoms with Gasteiger partial charge in [0.25, 0.3) is 0 Å². The Labute approximate surface area is 139 Å². The maximum atomic E-state index is 11.6. The molecule has 2 aromatic rings. The number of benzene rings is 1. The molecule has 0 saturated heterocycles. The molecule has 3 N–H and O–H groups in total. The van der Waals surface area contributed by atoms with E-state index in [0.29, 0.717) is 5.56 Å². The van der Waals surface area contributed by atoms with Crippen LogP contribution in [0.1, 0.15) is 22.8 Å². The lowest BCUT2D eigenvalue weighted by Gasteiger charge is -2.18. The minimum atomic E-state index is -1.28. The van der Waals surface area contributed by atoms with Gasteiger partial charge in [-0.3, -0.25) is 4.98 Å². The van der Waals surface area contributed by atoms with Gasteiger partial charge in [0, 0.05) is 24.5 Å². The molecule has 0 fully saturated rings. The quantitative estimate of drug-likeness (QED) is 0.736. The second-order valence-corrected chi connectivity index (χ2v) is 5.07. The molecular weight excluding hydrogens is 310 g/mol.